The van der Waals surface area contributed by atoms with Crippen molar-refractivity contribution in [2.45, 2.75) is 6.92 Å². The minimum absolute atomic E-state index is 0.110. The van der Waals surface area contributed by atoms with Crippen LogP contribution in [0, 0.1) is 17.0 Å². The van der Waals surface area contributed by atoms with Crippen molar-refractivity contribution < 1.29 is 19.3 Å². The van der Waals surface area contributed by atoms with Gasteiger partial charge in [-0.1, -0.05) is 18.2 Å². The normalized spacial score (nSPS) is 12.6. The SMILES string of the molecule is Cc1cc([N+](=O)[O-])ccc1N1C(=O)c2ccc(C(=O)Nc3ccccc3)cc2C1=O. The zero-order chi connectivity index (χ0) is 21.4. The molecule has 30 heavy (non-hydrogen) atoms. The van der Waals surface area contributed by atoms with Gasteiger partial charge in [-0.15, -0.1) is 0 Å². The lowest BCUT2D eigenvalue weighted by atomic mass is 10.1. The standard InChI is InChI=1S/C22H15N3O5/c1-13-11-16(25(29)30)8-10-19(13)24-21(27)17-9-7-14(12-18(17)22(24)28)20(26)23-15-5-3-2-4-6-15/h2-12H,1H3,(H,23,26). The predicted octanol–water partition coefficient (Wildman–Crippen LogP) is 3.96. The van der Waals surface area contributed by atoms with Crippen LogP contribution in [0.3, 0.4) is 0 Å². The monoisotopic (exact) mass is 401 g/mol. The van der Waals surface area contributed by atoms with Gasteiger partial charge in [0.05, 0.1) is 21.7 Å². The Balaban J connectivity index is 1.65. The molecule has 3 amide bonds. The largest absolute Gasteiger partial charge is 0.322 e. The molecule has 1 aliphatic rings. The van der Waals surface area contributed by atoms with E-state index in [1.54, 1.807) is 31.2 Å². The third-order valence-electron chi connectivity index (χ3n) is 4.81. The van der Waals surface area contributed by atoms with E-state index in [4.69, 9.17) is 0 Å². The van der Waals surface area contributed by atoms with Crippen LogP contribution in [0.15, 0.2) is 66.7 Å². The fraction of sp³-hybridized carbons (Fsp3) is 0.0455. The van der Waals surface area contributed by atoms with Crippen LogP contribution in [0.5, 0.6) is 0 Å². The van der Waals surface area contributed by atoms with Crippen LogP contribution >= 0.6 is 0 Å². The number of aryl methyl sites for hydroxylation is 1. The highest BCUT2D eigenvalue weighted by Gasteiger charge is 2.38. The first-order valence-corrected chi connectivity index (χ1v) is 9.01. The Morgan fingerprint density at radius 3 is 2.30 bits per heavy atom. The van der Waals surface area contributed by atoms with Gasteiger partial charge in [0.15, 0.2) is 0 Å². The van der Waals surface area contributed by atoms with Crippen LogP contribution < -0.4 is 10.2 Å². The maximum absolute atomic E-state index is 13.0. The molecule has 0 atom stereocenters. The lowest BCUT2D eigenvalue weighted by molar-refractivity contribution is -0.384. The predicted molar refractivity (Wildman–Crippen MR) is 110 cm³/mol. The molecule has 4 rings (SSSR count). The Hall–Kier alpha value is -4.33. The molecular weight excluding hydrogens is 386 g/mol. The van der Waals surface area contributed by atoms with Gasteiger partial charge in [0.2, 0.25) is 0 Å². The highest BCUT2D eigenvalue weighted by molar-refractivity contribution is 6.35. The van der Waals surface area contributed by atoms with Gasteiger partial charge < -0.3 is 5.32 Å². The number of carbonyl (C=O) groups excluding carboxylic acids is 3. The van der Waals surface area contributed by atoms with Gasteiger partial charge in [-0.05, 0) is 48.9 Å². The van der Waals surface area contributed by atoms with Crippen molar-refractivity contribution in [2.24, 2.45) is 0 Å². The van der Waals surface area contributed by atoms with E-state index in [0.717, 1.165) is 4.90 Å². The Labute approximate surface area is 170 Å². The lowest BCUT2D eigenvalue weighted by Gasteiger charge is -2.16. The summed E-state index contributed by atoms with van der Waals surface area (Å²) in [7, 11) is 0. The van der Waals surface area contributed by atoms with E-state index in [-0.39, 0.29) is 28.1 Å². The van der Waals surface area contributed by atoms with Crippen LogP contribution in [0.25, 0.3) is 0 Å². The van der Waals surface area contributed by atoms with Crippen molar-refractivity contribution in [2.75, 3.05) is 10.2 Å². The molecule has 0 saturated carbocycles. The van der Waals surface area contributed by atoms with Crippen LogP contribution in [-0.4, -0.2) is 22.6 Å². The summed E-state index contributed by atoms with van der Waals surface area (Å²) in [5.41, 5.74) is 1.68. The van der Waals surface area contributed by atoms with E-state index >= 15 is 0 Å². The maximum Gasteiger partial charge on any atom is 0.269 e. The van der Waals surface area contributed by atoms with Gasteiger partial charge in [0.1, 0.15) is 0 Å². The van der Waals surface area contributed by atoms with Crippen LogP contribution in [-0.2, 0) is 0 Å². The summed E-state index contributed by atoms with van der Waals surface area (Å²) < 4.78 is 0. The zero-order valence-electron chi connectivity index (χ0n) is 15.8. The van der Waals surface area contributed by atoms with Crippen LogP contribution in [0.2, 0.25) is 0 Å². The molecule has 0 aromatic heterocycles. The summed E-state index contributed by atoms with van der Waals surface area (Å²) in [5.74, 6) is -1.53. The van der Waals surface area contributed by atoms with Gasteiger partial charge in [-0.25, -0.2) is 4.90 Å². The molecule has 0 bridgehead atoms. The maximum atomic E-state index is 13.0. The summed E-state index contributed by atoms with van der Waals surface area (Å²) in [5, 5.41) is 13.7. The number of benzene rings is 3. The number of nitrogens with one attached hydrogen (secondary N) is 1. The first-order chi connectivity index (χ1) is 14.4. The Bertz CT molecular complexity index is 1220. The molecule has 1 aliphatic heterocycles. The second kappa shape index (κ2) is 7.25. The quantitative estimate of drug-likeness (QED) is 0.404. The molecule has 0 fully saturated rings. The summed E-state index contributed by atoms with van der Waals surface area (Å²) in [6.45, 7) is 1.59. The van der Waals surface area contributed by atoms with E-state index in [1.165, 1.54) is 36.4 Å². The molecule has 0 spiro atoms. The summed E-state index contributed by atoms with van der Waals surface area (Å²) >= 11 is 0. The van der Waals surface area contributed by atoms with E-state index in [9.17, 15) is 24.5 Å². The number of carbonyl (C=O) groups is 3. The van der Waals surface area contributed by atoms with Crippen molar-refractivity contribution in [3.05, 3.63) is 99.1 Å². The first kappa shape index (κ1) is 19.0. The molecular formula is C22H15N3O5. The van der Waals surface area contributed by atoms with E-state index in [1.807, 2.05) is 6.07 Å². The number of hydrogen-bond donors (Lipinski definition) is 1. The molecule has 0 radical (unpaired) electrons. The Morgan fingerprint density at radius 1 is 0.933 bits per heavy atom. The summed E-state index contributed by atoms with van der Waals surface area (Å²) in [6, 6.07) is 17.1. The molecule has 148 valence electrons. The first-order valence-electron chi connectivity index (χ1n) is 9.01. The molecule has 0 saturated heterocycles. The number of nitrogens with zero attached hydrogens (tertiary/aromatic N) is 2. The van der Waals surface area contributed by atoms with Crippen molar-refractivity contribution in [1.82, 2.24) is 0 Å². The molecule has 0 aliphatic carbocycles. The molecule has 8 nitrogen and oxygen atoms in total. The molecule has 1 heterocycles. The zero-order valence-corrected chi connectivity index (χ0v) is 15.8. The number of fused-ring (bicyclic) bond motifs is 1. The smallest absolute Gasteiger partial charge is 0.269 e. The van der Waals surface area contributed by atoms with Gasteiger partial charge in [-0.3, -0.25) is 24.5 Å². The highest BCUT2D eigenvalue weighted by atomic mass is 16.6. The fourth-order valence-electron chi connectivity index (χ4n) is 3.33. The highest BCUT2D eigenvalue weighted by Crippen LogP contribution is 2.32. The van der Waals surface area contributed by atoms with Gasteiger partial charge in [0.25, 0.3) is 23.4 Å². The number of amides is 3. The molecule has 8 heteroatoms. The molecule has 1 N–H and O–H groups in total. The number of nitro groups is 1. The third kappa shape index (κ3) is 3.20. The van der Waals surface area contributed by atoms with Crippen molar-refractivity contribution >= 4 is 34.8 Å². The number of nitro benzene ring substituents is 1. The second-order valence-electron chi connectivity index (χ2n) is 6.75. The van der Waals surface area contributed by atoms with Crippen molar-refractivity contribution in [1.29, 1.82) is 0 Å². The second-order valence-corrected chi connectivity index (χ2v) is 6.75. The van der Waals surface area contributed by atoms with Gasteiger partial charge >= 0.3 is 0 Å². The number of rotatable bonds is 4. The minimum atomic E-state index is -0.582. The van der Waals surface area contributed by atoms with Gasteiger partial charge in [-0.2, -0.15) is 0 Å². The number of hydrogen-bond acceptors (Lipinski definition) is 5. The van der Waals surface area contributed by atoms with Crippen LogP contribution in [0.4, 0.5) is 17.1 Å². The minimum Gasteiger partial charge on any atom is -0.322 e. The fourth-order valence-corrected chi connectivity index (χ4v) is 3.33. The molecule has 0 unspecified atom stereocenters. The average Bonchev–Trinajstić information content (AvgIpc) is 2.98. The average molecular weight is 401 g/mol. The van der Waals surface area contributed by atoms with E-state index < -0.39 is 22.6 Å². The van der Waals surface area contributed by atoms with Gasteiger partial charge in [0, 0.05) is 23.4 Å². The number of para-hydroxylation sites is 1. The van der Waals surface area contributed by atoms with Crippen molar-refractivity contribution in [3.63, 3.8) is 0 Å². The molecule has 3 aromatic carbocycles. The lowest BCUT2D eigenvalue weighted by Crippen LogP contribution is -2.30. The molecule has 3 aromatic rings. The summed E-state index contributed by atoms with van der Waals surface area (Å²) in [6.07, 6.45) is 0. The Kier molecular flexibility index (Phi) is 4.59. The van der Waals surface area contributed by atoms with E-state index in [0.29, 0.717) is 11.3 Å². The summed E-state index contributed by atoms with van der Waals surface area (Å²) in [4.78, 5) is 49.7. The van der Waals surface area contributed by atoms with E-state index in [2.05, 4.69) is 5.32 Å². The van der Waals surface area contributed by atoms with Crippen LogP contribution in [0.1, 0.15) is 36.6 Å². The van der Waals surface area contributed by atoms with Crippen molar-refractivity contribution in [3.8, 4) is 0 Å². The number of imide groups is 1. The Morgan fingerprint density at radius 2 is 1.63 bits per heavy atom. The third-order valence-corrected chi connectivity index (χ3v) is 4.81. The number of anilines is 2. The topological polar surface area (TPSA) is 110 Å². The number of non-ortho nitro benzene ring substituents is 1.